The van der Waals surface area contributed by atoms with Crippen LogP contribution in [0.1, 0.15) is 16.9 Å². The van der Waals surface area contributed by atoms with Crippen LogP contribution in [0, 0.1) is 6.92 Å². The number of rotatable bonds is 6. The van der Waals surface area contributed by atoms with Crippen LogP contribution in [-0.2, 0) is 13.1 Å². The fourth-order valence-electron chi connectivity index (χ4n) is 2.02. The molecule has 3 aromatic rings. The van der Waals surface area contributed by atoms with Crippen molar-refractivity contribution in [2.24, 2.45) is 0 Å². The maximum Gasteiger partial charge on any atom is 0.224 e. The predicted octanol–water partition coefficient (Wildman–Crippen LogP) is 3.60. The number of hydrogen-bond acceptors (Lipinski definition) is 5. The standard InChI is InChI=1S/C17H18N4O/c1-13-4-6-14(7-5-13)11-19-16-8-9-18-17(21-16)20-12-15-3-2-10-22-15/h2-10H,11-12H2,1H3,(H2,18,19,20,21). The van der Waals surface area contributed by atoms with Crippen molar-refractivity contribution in [3.8, 4) is 0 Å². The second-order valence-corrected chi connectivity index (χ2v) is 5.04. The monoisotopic (exact) mass is 294 g/mol. The molecule has 0 atom stereocenters. The van der Waals surface area contributed by atoms with Gasteiger partial charge in [0.25, 0.3) is 0 Å². The first-order valence-corrected chi connectivity index (χ1v) is 7.18. The zero-order valence-corrected chi connectivity index (χ0v) is 12.4. The van der Waals surface area contributed by atoms with Gasteiger partial charge in [0, 0.05) is 12.7 Å². The highest BCUT2D eigenvalue weighted by Crippen LogP contribution is 2.10. The quantitative estimate of drug-likeness (QED) is 0.727. The van der Waals surface area contributed by atoms with Gasteiger partial charge < -0.3 is 15.1 Å². The van der Waals surface area contributed by atoms with Crippen LogP contribution in [0.4, 0.5) is 11.8 Å². The van der Waals surface area contributed by atoms with E-state index in [9.17, 15) is 0 Å². The minimum absolute atomic E-state index is 0.564. The van der Waals surface area contributed by atoms with Crippen LogP contribution in [0.3, 0.4) is 0 Å². The van der Waals surface area contributed by atoms with E-state index < -0.39 is 0 Å². The third-order valence-electron chi connectivity index (χ3n) is 3.25. The van der Waals surface area contributed by atoms with Crippen molar-refractivity contribution in [1.82, 2.24) is 9.97 Å². The number of aryl methyl sites for hydroxylation is 1. The second kappa shape index (κ2) is 6.76. The molecule has 2 heterocycles. The molecular formula is C17H18N4O. The van der Waals surface area contributed by atoms with Gasteiger partial charge in [-0.2, -0.15) is 4.98 Å². The fourth-order valence-corrected chi connectivity index (χ4v) is 2.02. The molecule has 0 saturated carbocycles. The molecule has 0 amide bonds. The summed E-state index contributed by atoms with van der Waals surface area (Å²) in [4.78, 5) is 8.63. The van der Waals surface area contributed by atoms with E-state index in [1.54, 1.807) is 12.5 Å². The summed E-state index contributed by atoms with van der Waals surface area (Å²) in [6.45, 7) is 3.38. The van der Waals surface area contributed by atoms with Crippen LogP contribution in [0.5, 0.6) is 0 Å². The van der Waals surface area contributed by atoms with Crippen LogP contribution in [0.25, 0.3) is 0 Å². The minimum atomic E-state index is 0.564. The molecule has 1 aromatic carbocycles. The molecule has 0 saturated heterocycles. The minimum Gasteiger partial charge on any atom is -0.467 e. The molecule has 0 unspecified atom stereocenters. The number of nitrogens with one attached hydrogen (secondary N) is 2. The lowest BCUT2D eigenvalue weighted by molar-refractivity contribution is 0.517. The third kappa shape index (κ3) is 3.85. The molecule has 22 heavy (non-hydrogen) atoms. The Morgan fingerprint density at radius 1 is 1.00 bits per heavy atom. The van der Waals surface area contributed by atoms with Gasteiger partial charge in [-0.15, -0.1) is 0 Å². The molecule has 3 rings (SSSR count). The van der Waals surface area contributed by atoms with Crippen LogP contribution < -0.4 is 10.6 Å². The van der Waals surface area contributed by atoms with Gasteiger partial charge in [-0.1, -0.05) is 29.8 Å². The van der Waals surface area contributed by atoms with E-state index in [0.717, 1.165) is 18.1 Å². The highest BCUT2D eigenvalue weighted by molar-refractivity contribution is 5.40. The van der Waals surface area contributed by atoms with Gasteiger partial charge >= 0.3 is 0 Å². The summed E-state index contributed by atoms with van der Waals surface area (Å²) in [6.07, 6.45) is 3.38. The molecule has 0 spiro atoms. The summed E-state index contributed by atoms with van der Waals surface area (Å²) in [7, 11) is 0. The lowest BCUT2D eigenvalue weighted by atomic mass is 10.1. The van der Waals surface area contributed by atoms with Crippen LogP contribution >= 0.6 is 0 Å². The third-order valence-corrected chi connectivity index (χ3v) is 3.25. The van der Waals surface area contributed by atoms with Gasteiger partial charge in [0.15, 0.2) is 0 Å². The molecule has 5 heteroatoms. The lowest BCUT2D eigenvalue weighted by Gasteiger charge is -2.08. The summed E-state index contributed by atoms with van der Waals surface area (Å²) < 4.78 is 5.27. The molecule has 0 aliphatic rings. The topological polar surface area (TPSA) is 63.0 Å². The molecule has 2 N–H and O–H groups in total. The van der Waals surface area contributed by atoms with Crippen molar-refractivity contribution >= 4 is 11.8 Å². The Bertz CT molecular complexity index is 708. The van der Waals surface area contributed by atoms with E-state index in [1.165, 1.54) is 11.1 Å². The SMILES string of the molecule is Cc1ccc(CNc2ccnc(NCc3ccco3)n2)cc1. The Hall–Kier alpha value is -2.82. The van der Waals surface area contributed by atoms with E-state index in [0.29, 0.717) is 12.5 Å². The van der Waals surface area contributed by atoms with Crippen molar-refractivity contribution in [3.63, 3.8) is 0 Å². The molecule has 0 aliphatic carbocycles. The highest BCUT2D eigenvalue weighted by atomic mass is 16.3. The van der Waals surface area contributed by atoms with E-state index in [-0.39, 0.29) is 0 Å². The summed E-state index contributed by atoms with van der Waals surface area (Å²) in [5, 5.41) is 6.44. The number of furan rings is 1. The van der Waals surface area contributed by atoms with E-state index in [2.05, 4.69) is 51.8 Å². The van der Waals surface area contributed by atoms with Gasteiger partial charge in [-0.3, -0.25) is 0 Å². The molecule has 2 aromatic heterocycles. The van der Waals surface area contributed by atoms with Crippen LogP contribution in [-0.4, -0.2) is 9.97 Å². The smallest absolute Gasteiger partial charge is 0.224 e. The van der Waals surface area contributed by atoms with Crippen molar-refractivity contribution in [2.75, 3.05) is 10.6 Å². The first-order valence-electron chi connectivity index (χ1n) is 7.18. The highest BCUT2D eigenvalue weighted by Gasteiger charge is 2.01. The van der Waals surface area contributed by atoms with Crippen molar-refractivity contribution in [2.45, 2.75) is 20.0 Å². The number of benzene rings is 1. The number of nitrogens with zero attached hydrogens (tertiary/aromatic N) is 2. The summed E-state index contributed by atoms with van der Waals surface area (Å²) in [5.41, 5.74) is 2.48. The predicted molar refractivity (Wildman–Crippen MR) is 86.6 cm³/mol. The molecule has 0 bridgehead atoms. The Morgan fingerprint density at radius 3 is 2.64 bits per heavy atom. The Kier molecular flexibility index (Phi) is 4.34. The number of aromatic nitrogens is 2. The van der Waals surface area contributed by atoms with Gasteiger partial charge in [0.2, 0.25) is 5.95 Å². The summed E-state index contributed by atoms with van der Waals surface area (Å²) >= 11 is 0. The average molecular weight is 294 g/mol. The van der Waals surface area contributed by atoms with Crippen molar-refractivity contribution in [3.05, 3.63) is 71.8 Å². The zero-order valence-electron chi connectivity index (χ0n) is 12.4. The second-order valence-electron chi connectivity index (χ2n) is 5.04. The maximum atomic E-state index is 5.27. The van der Waals surface area contributed by atoms with E-state index in [4.69, 9.17) is 4.42 Å². The summed E-state index contributed by atoms with van der Waals surface area (Å²) in [6, 6.07) is 14.1. The van der Waals surface area contributed by atoms with Gasteiger partial charge in [-0.05, 0) is 30.7 Å². The Labute approximate surface area is 129 Å². The summed E-state index contributed by atoms with van der Waals surface area (Å²) in [5.74, 6) is 2.21. The van der Waals surface area contributed by atoms with Gasteiger partial charge in [0.1, 0.15) is 11.6 Å². The zero-order chi connectivity index (χ0) is 15.2. The fraction of sp³-hybridized carbons (Fsp3) is 0.176. The molecule has 5 nitrogen and oxygen atoms in total. The van der Waals surface area contributed by atoms with Gasteiger partial charge in [-0.25, -0.2) is 4.98 Å². The number of hydrogen-bond donors (Lipinski definition) is 2. The van der Waals surface area contributed by atoms with Crippen LogP contribution in [0.2, 0.25) is 0 Å². The van der Waals surface area contributed by atoms with Gasteiger partial charge in [0.05, 0.1) is 12.8 Å². The van der Waals surface area contributed by atoms with Crippen molar-refractivity contribution < 1.29 is 4.42 Å². The maximum absolute atomic E-state index is 5.27. The first-order chi connectivity index (χ1) is 10.8. The number of anilines is 2. The molecule has 0 aliphatic heterocycles. The molecule has 0 fully saturated rings. The Balaban J connectivity index is 1.57. The van der Waals surface area contributed by atoms with Crippen LogP contribution in [0.15, 0.2) is 59.3 Å². The average Bonchev–Trinajstić information content (AvgIpc) is 3.06. The van der Waals surface area contributed by atoms with E-state index >= 15 is 0 Å². The lowest BCUT2D eigenvalue weighted by Crippen LogP contribution is -2.06. The molecule has 0 radical (unpaired) electrons. The Morgan fingerprint density at radius 2 is 1.86 bits per heavy atom. The van der Waals surface area contributed by atoms with Crippen molar-refractivity contribution in [1.29, 1.82) is 0 Å². The first kappa shape index (κ1) is 14.1. The molecule has 112 valence electrons. The van der Waals surface area contributed by atoms with E-state index in [1.807, 2.05) is 18.2 Å². The largest absolute Gasteiger partial charge is 0.467 e. The normalized spacial score (nSPS) is 10.4. The molecular weight excluding hydrogens is 276 g/mol.